The fourth-order valence-electron chi connectivity index (χ4n) is 3.91. The Balaban J connectivity index is 1.45. The van der Waals surface area contributed by atoms with Gasteiger partial charge in [-0.05, 0) is 44.6 Å². The Hall–Kier alpha value is -2.22. The van der Waals surface area contributed by atoms with Crippen LogP contribution in [0.3, 0.4) is 0 Å². The molecule has 1 aromatic rings. The van der Waals surface area contributed by atoms with E-state index in [9.17, 15) is 14.9 Å². The van der Waals surface area contributed by atoms with Gasteiger partial charge in [0.1, 0.15) is 12.0 Å². The van der Waals surface area contributed by atoms with Crippen LogP contribution < -0.4 is 10.2 Å². The Morgan fingerprint density at radius 3 is 2.52 bits per heavy atom. The third-order valence-electron chi connectivity index (χ3n) is 5.71. The van der Waals surface area contributed by atoms with E-state index >= 15 is 0 Å². The summed E-state index contributed by atoms with van der Waals surface area (Å²) in [7, 11) is 0. The summed E-state index contributed by atoms with van der Waals surface area (Å²) in [5.74, 6) is 1.66. The minimum absolute atomic E-state index is 0.0474. The molecule has 0 radical (unpaired) electrons. The van der Waals surface area contributed by atoms with Crippen molar-refractivity contribution < 1.29 is 9.72 Å². The first-order valence-corrected chi connectivity index (χ1v) is 9.80. The van der Waals surface area contributed by atoms with Gasteiger partial charge >= 0.3 is 0 Å². The van der Waals surface area contributed by atoms with E-state index in [1.165, 1.54) is 19.0 Å². The Morgan fingerprint density at radius 1 is 1.26 bits per heavy atom. The molecule has 8 heteroatoms. The number of nitro groups is 1. The predicted molar refractivity (Wildman–Crippen MR) is 104 cm³/mol. The third kappa shape index (κ3) is 5.15. The average Bonchev–Trinajstić information content (AvgIpc) is 2.64. The van der Waals surface area contributed by atoms with Crippen molar-refractivity contribution in [3.8, 4) is 0 Å². The number of amides is 1. The minimum Gasteiger partial charge on any atom is -0.354 e. The number of pyridine rings is 1. The van der Waals surface area contributed by atoms with Gasteiger partial charge in [0.2, 0.25) is 5.91 Å². The molecule has 0 spiro atoms. The topological polar surface area (TPSA) is 91.6 Å². The Kier molecular flexibility index (Phi) is 6.26. The molecule has 0 unspecified atom stereocenters. The lowest BCUT2D eigenvalue weighted by molar-refractivity contribution is -0.385. The predicted octanol–water partition coefficient (Wildman–Crippen LogP) is 2.12. The van der Waals surface area contributed by atoms with Gasteiger partial charge < -0.3 is 10.2 Å². The number of rotatable bonds is 5. The van der Waals surface area contributed by atoms with Crippen molar-refractivity contribution in [2.45, 2.75) is 45.6 Å². The Bertz CT molecular complexity index is 680. The molecule has 27 heavy (non-hydrogen) atoms. The zero-order chi connectivity index (χ0) is 19.4. The van der Waals surface area contributed by atoms with Gasteiger partial charge in [0.05, 0.1) is 11.5 Å². The van der Waals surface area contributed by atoms with Crippen LogP contribution in [0, 0.1) is 23.0 Å². The molecule has 1 saturated heterocycles. The lowest BCUT2D eigenvalue weighted by Crippen LogP contribution is -2.51. The van der Waals surface area contributed by atoms with Gasteiger partial charge in [-0.1, -0.05) is 6.92 Å². The highest BCUT2D eigenvalue weighted by atomic mass is 16.6. The SMILES string of the molecule is Cc1cc(N2CCN(CC(=O)NC3CCC(C)CC3)CC2)ncc1[N+](=O)[O-]. The minimum atomic E-state index is -0.407. The van der Waals surface area contributed by atoms with Crippen molar-refractivity contribution >= 4 is 17.4 Å². The highest BCUT2D eigenvalue weighted by Crippen LogP contribution is 2.24. The van der Waals surface area contributed by atoms with Crippen LogP contribution in [0.4, 0.5) is 11.5 Å². The molecular weight excluding hydrogens is 346 g/mol. The van der Waals surface area contributed by atoms with Crippen molar-refractivity contribution in [1.29, 1.82) is 0 Å². The van der Waals surface area contributed by atoms with Gasteiger partial charge in [0, 0.05) is 37.8 Å². The number of carbonyl (C=O) groups is 1. The van der Waals surface area contributed by atoms with Gasteiger partial charge in [-0.3, -0.25) is 19.8 Å². The molecule has 2 aliphatic rings. The molecule has 1 N–H and O–H groups in total. The van der Waals surface area contributed by atoms with Crippen LogP contribution in [0.2, 0.25) is 0 Å². The maximum absolute atomic E-state index is 12.3. The van der Waals surface area contributed by atoms with E-state index in [2.05, 4.69) is 27.0 Å². The fraction of sp³-hybridized carbons (Fsp3) is 0.684. The summed E-state index contributed by atoms with van der Waals surface area (Å²) in [6.07, 6.45) is 5.91. The quantitative estimate of drug-likeness (QED) is 0.626. The van der Waals surface area contributed by atoms with Crippen LogP contribution in [0.15, 0.2) is 12.3 Å². The van der Waals surface area contributed by atoms with E-state index in [-0.39, 0.29) is 11.6 Å². The van der Waals surface area contributed by atoms with E-state index < -0.39 is 4.92 Å². The summed E-state index contributed by atoms with van der Waals surface area (Å²) in [6, 6.07) is 2.10. The van der Waals surface area contributed by atoms with Crippen molar-refractivity contribution in [3.05, 3.63) is 27.9 Å². The van der Waals surface area contributed by atoms with E-state index in [0.29, 0.717) is 18.2 Å². The Labute approximate surface area is 160 Å². The summed E-state index contributed by atoms with van der Waals surface area (Å²) in [5.41, 5.74) is 0.666. The smallest absolute Gasteiger partial charge is 0.290 e. The van der Waals surface area contributed by atoms with Gasteiger partial charge in [-0.15, -0.1) is 0 Å². The number of piperazine rings is 1. The average molecular weight is 375 g/mol. The number of aromatic nitrogens is 1. The largest absolute Gasteiger partial charge is 0.354 e. The van der Waals surface area contributed by atoms with Crippen molar-refractivity contribution in [2.75, 3.05) is 37.6 Å². The molecule has 0 aromatic carbocycles. The molecule has 2 fully saturated rings. The number of nitrogens with zero attached hydrogens (tertiary/aromatic N) is 4. The molecule has 148 valence electrons. The van der Waals surface area contributed by atoms with E-state index in [1.54, 1.807) is 13.0 Å². The first-order chi connectivity index (χ1) is 12.9. The number of nitrogens with one attached hydrogen (secondary N) is 1. The maximum Gasteiger partial charge on any atom is 0.290 e. The van der Waals surface area contributed by atoms with Crippen molar-refractivity contribution in [3.63, 3.8) is 0 Å². The summed E-state index contributed by atoms with van der Waals surface area (Å²) in [6.45, 7) is 7.54. The molecule has 8 nitrogen and oxygen atoms in total. The number of anilines is 1. The van der Waals surface area contributed by atoms with Crippen molar-refractivity contribution in [1.82, 2.24) is 15.2 Å². The van der Waals surface area contributed by atoms with Gasteiger partial charge in [-0.25, -0.2) is 4.98 Å². The van der Waals surface area contributed by atoms with Crippen LogP contribution in [-0.2, 0) is 4.79 Å². The highest BCUT2D eigenvalue weighted by Gasteiger charge is 2.24. The molecule has 1 aliphatic carbocycles. The van der Waals surface area contributed by atoms with Crippen LogP contribution in [0.1, 0.15) is 38.2 Å². The molecule has 1 saturated carbocycles. The molecule has 0 bridgehead atoms. The molecule has 1 aliphatic heterocycles. The summed E-state index contributed by atoms with van der Waals surface area (Å²) in [5, 5.41) is 14.1. The van der Waals surface area contributed by atoms with Crippen LogP contribution in [0.25, 0.3) is 0 Å². The summed E-state index contributed by atoms with van der Waals surface area (Å²) < 4.78 is 0. The molecule has 1 aromatic heterocycles. The molecule has 3 rings (SSSR count). The van der Waals surface area contributed by atoms with Gasteiger partial charge in [0.15, 0.2) is 0 Å². The maximum atomic E-state index is 12.3. The van der Waals surface area contributed by atoms with Crippen molar-refractivity contribution in [2.24, 2.45) is 5.92 Å². The van der Waals surface area contributed by atoms with Crippen LogP contribution >= 0.6 is 0 Å². The monoisotopic (exact) mass is 375 g/mol. The summed E-state index contributed by atoms with van der Waals surface area (Å²) in [4.78, 5) is 31.4. The molecular formula is C19H29N5O3. The zero-order valence-electron chi connectivity index (χ0n) is 16.2. The number of hydrogen-bond acceptors (Lipinski definition) is 6. The lowest BCUT2D eigenvalue weighted by Gasteiger charge is -2.35. The fourth-order valence-corrected chi connectivity index (χ4v) is 3.91. The van der Waals surface area contributed by atoms with E-state index in [1.807, 2.05) is 0 Å². The number of hydrogen-bond donors (Lipinski definition) is 1. The summed E-state index contributed by atoms with van der Waals surface area (Å²) >= 11 is 0. The Morgan fingerprint density at radius 2 is 1.93 bits per heavy atom. The van der Waals surface area contributed by atoms with Crippen LogP contribution in [-0.4, -0.2) is 59.5 Å². The normalized spacial score (nSPS) is 23.9. The first-order valence-electron chi connectivity index (χ1n) is 9.80. The molecule has 1 amide bonds. The molecule has 0 atom stereocenters. The second-order valence-corrected chi connectivity index (χ2v) is 7.87. The second kappa shape index (κ2) is 8.65. The molecule has 2 heterocycles. The number of carbonyl (C=O) groups excluding carboxylic acids is 1. The van der Waals surface area contributed by atoms with Crippen LogP contribution in [0.5, 0.6) is 0 Å². The van der Waals surface area contributed by atoms with E-state index in [4.69, 9.17) is 0 Å². The van der Waals surface area contributed by atoms with Gasteiger partial charge in [-0.2, -0.15) is 0 Å². The first kappa shape index (κ1) is 19.5. The number of aryl methyl sites for hydroxylation is 1. The lowest BCUT2D eigenvalue weighted by atomic mass is 9.87. The van der Waals surface area contributed by atoms with E-state index in [0.717, 1.165) is 50.8 Å². The second-order valence-electron chi connectivity index (χ2n) is 7.87. The highest BCUT2D eigenvalue weighted by molar-refractivity contribution is 5.78. The van der Waals surface area contributed by atoms with Gasteiger partial charge in [0.25, 0.3) is 5.69 Å². The standard InChI is InChI=1S/C19H29N5O3/c1-14-3-5-16(6-4-14)21-19(25)13-22-7-9-23(10-8-22)18-11-15(2)17(12-20-18)24(26)27/h11-12,14,16H,3-10,13H2,1-2H3,(H,21,25). The third-order valence-corrected chi connectivity index (χ3v) is 5.71. The zero-order valence-corrected chi connectivity index (χ0v) is 16.2.